The molecular formula is C20H29ClN4O3Si. The topological polar surface area (TPSA) is 93.3 Å². The number of aromatic nitrogens is 4. The van der Waals surface area contributed by atoms with E-state index in [2.05, 4.69) is 61.0 Å². The van der Waals surface area contributed by atoms with E-state index in [-0.39, 0.29) is 34.2 Å². The number of imidazole rings is 1. The van der Waals surface area contributed by atoms with Crippen LogP contribution in [0.5, 0.6) is 0 Å². The van der Waals surface area contributed by atoms with Gasteiger partial charge in [0.25, 0.3) is 0 Å². The SMILES string of the molecule is CC(C)(C)[Si](C)(C)OC1C=CCC2C1C(O)[C@@H](O)[C@@H]2n1cnc2c(Cl)ncnc21. The number of aliphatic hydroxyl groups is 2. The molecule has 4 rings (SSSR count). The summed E-state index contributed by atoms with van der Waals surface area (Å²) in [6.45, 7) is 11.0. The van der Waals surface area contributed by atoms with E-state index >= 15 is 0 Å². The number of halogens is 1. The Morgan fingerprint density at radius 3 is 2.59 bits per heavy atom. The molecule has 9 heteroatoms. The van der Waals surface area contributed by atoms with Gasteiger partial charge in [0.1, 0.15) is 17.9 Å². The molecule has 2 aliphatic carbocycles. The summed E-state index contributed by atoms with van der Waals surface area (Å²) in [7, 11) is -2.04. The number of hydrogen-bond donors (Lipinski definition) is 2. The van der Waals surface area contributed by atoms with Crippen molar-refractivity contribution in [3.63, 3.8) is 0 Å². The van der Waals surface area contributed by atoms with E-state index in [9.17, 15) is 10.2 Å². The quantitative estimate of drug-likeness (QED) is 0.435. The molecule has 0 bridgehead atoms. The minimum Gasteiger partial charge on any atom is -0.410 e. The van der Waals surface area contributed by atoms with Crippen molar-refractivity contribution in [2.24, 2.45) is 11.8 Å². The molecule has 0 saturated heterocycles. The molecule has 4 unspecified atom stereocenters. The molecule has 1 saturated carbocycles. The highest BCUT2D eigenvalue weighted by atomic mass is 35.5. The van der Waals surface area contributed by atoms with E-state index in [1.807, 2.05) is 4.57 Å². The fourth-order valence-corrected chi connectivity index (χ4v) is 5.89. The number of aliphatic hydroxyl groups excluding tert-OH is 2. The summed E-state index contributed by atoms with van der Waals surface area (Å²) in [5.74, 6) is -0.185. The van der Waals surface area contributed by atoms with E-state index in [0.29, 0.717) is 11.2 Å². The van der Waals surface area contributed by atoms with Gasteiger partial charge in [-0.15, -0.1) is 0 Å². The summed E-state index contributed by atoms with van der Waals surface area (Å²) in [5, 5.41) is 22.4. The largest absolute Gasteiger partial charge is 0.410 e. The van der Waals surface area contributed by atoms with Gasteiger partial charge in [0.2, 0.25) is 0 Å². The minimum atomic E-state index is -2.04. The van der Waals surface area contributed by atoms with Gasteiger partial charge in [-0.05, 0) is 30.5 Å². The monoisotopic (exact) mass is 436 g/mol. The molecule has 1 fully saturated rings. The van der Waals surface area contributed by atoms with Crippen LogP contribution in [0.15, 0.2) is 24.8 Å². The van der Waals surface area contributed by atoms with Gasteiger partial charge in [0, 0.05) is 5.92 Å². The molecule has 158 valence electrons. The van der Waals surface area contributed by atoms with Crippen LogP contribution in [0.3, 0.4) is 0 Å². The van der Waals surface area contributed by atoms with Crippen molar-refractivity contribution in [2.75, 3.05) is 0 Å². The number of nitrogens with zero attached hydrogens (tertiary/aromatic N) is 4. The van der Waals surface area contributed by atoms with Crippen LogP contribution in [0.2, 0.25) is 23.3 Å². The van der Waals surface area contributed by atoms with Gasteiger partial charge in [0.15, 0.2) is 19.1 Å². The lowest BCUT2D eigenvalue weighted by Crippen LogP contribution is -2.48. The second-order valence-electron chi connectivity index (χ2n) is 9.71. The van der Waals surface area contributed by atoms with Crippen LogP contribution in [0, 0.1) is 11.8 Å². The predicted octanol–water partition coefficient (Wildman–Crippen LogP) is 3.34. The summed E-state index contributed by atoms with van der Waals surface area (Å²) in [6.07, 6.45) is 5.89. The minimum absolute atomic E-state index is 0.00547. The normalized spacial score (nSPS) is 32.7. The van der Waals surface area contributed by atoms with Gasteiger partial charge >= 0.3 is 0 Å². The van der Waals surface area contributed by atoms with Crippen molar-refractivity contribution in [1.29, 1.82) is 0 Å². The number of fused-ring (bicyclic) bond motifs is 2. The first-order valence-electron chi connectivity index (χ1n) is 10.1. The second kappa shape index (κ2) is 7.13. The maximum atomic E-state index is 11.0. The number of allylic oxidation sites excluding steroid dienone is 1. The number of rotatable bonds is 3. The molecule has 2 N–H and O–H groups in total. The van der Waals surface area contributed by atoms with Gasteiger partial charge in [-0.25, -0.2) is 15.0 Å². The third-order valence-corrected chi connectivity index (χ3v) is 11.8. The smallest absolute Gasteiger partial charge is 0.192 e. The first-order valence-corrected chi connectivity index (χ1v) is 13.4. The third kappa shape index (κ3) is 3.35. The van der Waals surface area contributed by atoms with Crippen LogP contribution in [-0.4, -0.2) is 56.4 Å². The van der Waals surface area contributed by atoms with Gasteiger partial charge in [0.05, 0.1) is 24.6 Å². The molecule has 0 aromatic carbocycles. The Labute approximate surface area is 176 Å². The van der Waals surface area contributed by atoms with Crippen LogP contribution >= 0.6 is 11.6 Å². The maximum absolute atomic E-state index is 11.0. The molecule has 0 amide bonds. The molecule has 7 nitrogen and oxygen atoms in total. The third-order valence-electron chi connectivity index (χ3n) is 7.01. The van der Waals surface area contributed by atoms with Crippen LogP contribution < -0.4 is 0 Å². The van der Waals surface area contributed by atoms with Crippen LogP contribution in [0.25, 0.3) is 11.2 Å². The van der Waals surface area contributed by atoms with E-state index in [0.717, 1.165) is 6.42 Å². The average Bonchev–Trinajstić information content (AvgIpc) is 3.15. The van der Waals surface area contributed by atoms with Gasteiger partial charge in [-0.3, -0.25) is 0 Å². The van der Waals surface area contributed by atoms with Crippen LogP contribution in [0.1, 0.15) is 33.2 Å². The molecule has 0 spiro atoms. The highest BCUT2D eigenvalue weighted by Crippen LogP contribution is 2.50. The van der Waals surface area contributed by atoms with Crippen LogP contribution in [-0.2, 0) is 4.43 Å². The summed E-state index contributed by atoms with van der Waals surface area (Å²) in [6, 6.07) is -0.360. The Morgan fingerprint density at radius 2 is 1.90 bits per heavy atom. The molecule has 0 radical (unpaired) electrons. The molecule has 29 heavy (non-hydrogen) atoms. The van der Waals surface area contributed by atoms with E-state index in [1.54, 1.807) is 6.33 Å². The lowest BCUT2D eigenvalue weighted by molar-refractivity contribution is -0.0165. The first kappa shape index (κ1) is 20.9. The molecule has 2 heterocycles. The molecule has 2 aromatic heterocycles. The molecule has 2 aromatic rings. The zero-order valence-corrected chi connectivity index (χ0v) is 19.2. The summed E-state index contributed by atoms with van der Waals surface area (Å²) >= 11 is 6.15. The Morgan fingerprint density at radius 1 is 1.17 bits per heavy atom. The lowest BCUT2D eigenvalue weighted by Gasteiger charge is -2.43. The first-order chi connectivity index (χ1) is 13.5. The summed E-state index contributed by atoms with van der Waals surface area (Å²) < 4.78 is 8.49. The predicted molar refractivity (Wildman–Crippen MR) is 114 cm³/mol. The van der Waals surface area contributed by atoms with E-state index in [1.165, 1.54) is 6.33 Å². The Hall–Kier alpha value is -1.32. The Kier molecular flexibility index (Phi) is 5.14. The summed E-state index contributed by atoms with van der Waals surface area (Å²) in [5.41, 5.74) is 1.07. The molecular weight excluding hydrogens is 408 g/mol. The molecule has 6 atom stereocenters. The van der Waals surface area contributed by atoms with Crippen molar-refractivity contribution in [3.8, 4) is 0 Å². The van der Waals surface area contributed by atoms with Crippen molar-refractivity contribution >= 4 is 31.1 Å². The standard InChI is InChI=1S/C20H29ClN4O3Si/c1-20(2,3)29(4,5)28-12-8-6-7-11-13(12)16(26)17(27)15(11)25-10-24-14-18(21)22-9-23-19(14)25/h6,8-13,15-17,26-27H,7H2,1-5H3/t11?,12?,13?,15-,16?,17+/m1/s1. The van der Waals surface area contributed by atoms with Gasteiger partial charge in [-0.1, -0.05) is 44.5 Å². The van der Waals surface area contributed by atoms with Gasteiger partial charge < -0.3 is 19.2 Å². The molecule has 2 aliphatic rings. The number of hydrogen-bond acceptors (Lipinski definition) is 6. The highest BCUT2D eigenvalue weighted by molar-refractivity contribution is 6.74. The zero-order valence-electron chi connectivity index (χ0n) is 17.5. The fourth-order valence-electron chi connectivity index (χ4n) is 4.44. The van der Waals surface area contributed by atoms with Crippen molar-refractivity contribution in [3.05, 3.63) is 30.0 Å². The second-order valence-corrected chi connectivity index (χ2v) is 14.8. The van der Waals surface area contributed by atoms with E-state index in [4.69, 9.17) is 16.0 Å². The lowest BCUT2D eigenvalue weighted by atomic mass is 9.81. The fraction of sp³-hybridized carbons (Fsp3) is 0.650. The summed E-state index contributed by atoms with van der Waals surface area (Å²) in [4.78, 5) is 12.6. The Balaban J connectivity index is 1.70. The van der Waals surface area contributed by atoms with Crippen molar-refractivity contribution in [2.45, 2.75) is 69.7 Å². The van der Waals surface area contributed by atoms with E-state index < -0.39 is 20.5 Å². The Bertz CT molecular complexity index is 941. The van der Waals surface area contributed by atoms with Crippen molar-refractivity contribution in [1.82, 2.24) is 19.5 Å². The van der Waals surface area contributed by atoms with Crippen molar-refractivity contribution < 1.29 is 14.6 Å². The zero-order chi connectivity index (χ0) is 21.1. The van der Waals surface area contributed by atoms with Gasteiger partial charge in [-0.2, -0.15) is 0 Å². The average molecular weight is 437 g/mol. The molecule has 0 aliphatic heterocycles. The maximum Gasteiger partial charge on any atom is 0.192 e. The van der Waals surface area contributed by atoms with Crippen LogP contribution in [0.4, 0.5) is 0 Å². The highest BCUT2D eigenvalue weighted by Gasteiger charge is 2.55.